The van der Waals surface area contributed by atoms with E-state index in [1.54, 1.807) is 30.1 Å². The van der Waals surface area contributed by atoms with E-state index in [2.05, 4.69) is 31.3 Å². The van der Waals surface area contributed by atoms with Gasteiger partial charge in [0, 0.05) is 56.7 Å². The first kappa shape index (κ1) is 19.4. The summed E-state index contributed by atoms with van der Waals surface area (Å²) in [5.41, 5.74) is 1.65. The molecule has 25 heavy (non-hydrogen) atoms. The van der Waals surface area contributed by atoms with Crippen molar-refractivity contribution in [2.45, 2.75) is 32.4 Å². The lowest BCUT2D eigenvalue weighted by Crippen LogP contribution is -2.22. The number of benzene rings is 1. The molecule has 1 aromatic carbocycles. The van der Waals surface area contributed by atoms with Crippen molar-refractivity contribution >= 4 is 24.5 Å². The van der Waals surface area contributed by atoms with Gasteiger partial charge in [0.25, 0.3) is 0 Å². The van der Waals surface area contributed by atoms with Crippen LogP contribution in [0.4, 0.5) is 4.39 Å². The number of hydrogen-bond donors (Lipinski definition) is 1. The van der Waals surface area contributed by atoms with Crippen molar-refractivity contribution in [3.05, 3.63) is 48.6 Å². The van der Waals surface area contributed by atoms with Gasteiger partial charge < -0.3 is 9.75 Å². The van der Waals surface area contributed by atoms with Crippen molar-refractivity contribution in [1.82, 2.24) is 14.8 Å². The Morgan fingerprint density at radius 1 is 1.44 bits per heavy atom. The van der Waals surface area contributed by atoms with Crippen molar-refractivity contribution in [2.24, 2.45) is 5.84 Å². The van der Waals surface area contributed by atoms with Crippen LogP contribution in [-0.4, -0.2) is 36.5 Å². The highest BCUT2D eigenvalue weighted by Crippen LogP contribution is 2.25. The second kappa shape index (κ2) is 7.94. The third-order valence-corrected chi connectivity index (χ3v) is 5.44. The Bertz CT molecular complexity index is 777. The maximum absolute atomic E-state index is 14.4. The number of aromatic nitrogens is 2. The maximum atomic E-state index is 14.4. The zero-order chi connectivity index (χ0) is 18.6. The molecule has 1 aromatic heterocycles. The van der Waals surface area contributed by atoms with Gasteiger partial charge in [-0.2, -0.15) is 5.10 Å². The molecule has 5 nitrogen and oxygen atoms in total. The lowest BCUT2D eigenvalue weighted by atomic mass is 10.0. The van der Waals surface area contributed by atoms with Gasteiger partial charge in [-0.25, -0.2) is 14.9 Å². The smallest absolute Gasteiger partial charge is 0.139 e. The van der Waals surface area contributed by atoms with Crippen LogP contribution in [0.5, 0.6) is 0 Å². The number of hydrazine groups is 1. The van der Waals surface area contributed by atoms with Crippen LogP contribution in [0, 0.1) is 5.82 Å². The first-order valence-corrected chi connectivity index (χ1v) is 12.0. The molecule has 0 amide bonds. The first-order chi connectivity index (χ1) is 11.7. The molecule has 0 bridgehead atoms. The molecule has 0 aliphatic carbocycles. The fraction of sp³-hybridized carbons (Fsp3) is 0.389. The van der Waals surface area contributed by atoms with Gasteiger partial charge in [-0.05, 0) is 12.1 Å². The summed E-state index contributed by atoms with van der Waals surface area (Å²) in [6.45, 7) is 11.8. The molecule has 0 fully saturated rings. The van der Waals surface area contributed by atoms with E-state index in [0.717, 1.165) is 18.0 Å². The van der Waals surface area contributed by atoms with E-state index in [9.17, 15) is 4.39 Å². The third-order valence-electron chi connectivity index (χ3n) is 3.73. The van der Waals surface area contributed by atoms with E-state index in [1.165, 1.54) is 11.1 Å². The fourth-order valence-corrected chi connectivity index (χ4v) is 3.13. The Morgan fingerprint density at radius 2 is 2.16 bits per heavy atom. The highest BCUT2D eigenvalue weighted by Gasteiger charge is 2.13. The Kier molecular flexibility index (Phi) is 6.15. The SMILES string of the molecule is C=C/C(=C\N(C)N)c1cc2cn(COCC[Si](C)(C)C)nc2cc1F. The van der Waals surface area contributed by atoms with E-state index in [4.69, 9.17) is 10.6 Å². The molecular weight excluding hydrogens is 335 g/mol. The minimum Gasteiger partial charge on any atom is -0.360 e. The number of allylic oxidation sites excluding steroid dienone is 2. The van der Waals surface area contributed by atoms with Crippen LogP contribution in [0.2, 0.25) is 25.7 Å². The molecular formula is C18H27FN4OSi. The fourth-order valence-electron chi connectivity index (χ4n) is 2.37. The summed E-state index contributed by atoms with van der Waals surface area (Å²) in [5.74, 6) is 5.27. The van der Waals surface area contributed by atoms with Gasteiger partial charge in [-0.15, -0.1) is 0 Å². The van der Waals surface area contributed by atoms with Gasteiger partial charge in [-0.1, -0.05) is 32.3 Å². The average Bonchev–Trinajstić information content (AvgIpc) is 2.89. The van der Waals surface area contributed by atoms with Gasteiger partial charge in [-0.3, -0.25) is 0 Å². The van der Waals surface area contributed by atoms with Crippen LogP contribution in [-0.2, 0) is 11.5 Å². The monoisotopic (exact) mass is 362 g/mol. The molecule has 0 atom stereocenters. The van der Waals surface area contributed by atoms with Gasteiger partial charge in [0.1, 0.15) is 12.5 Å². The second-order valence-corrected chi connectivity index (χ2v) is 13.0. The molecule has 2 rings (SSSR count). The largest absolute Gasteiger partial charge is 0.360 e. The summed E-state index contributed by atoms with van der Waals surface area (Å²) in [6, 6.07) is 4.29. The Labute approximate surface area is 149 Å². The van der Waals surface area contributed by atoms with E-state index in [1.807, 2.05) is 6.20 Å². The van der Waals surface area contributed by atoms with Crippen molar-refractivity contribution in [3.8, 4) is 0 Å². The number of halogens is 1. The molecule has 7 heteroatoms. The topological polar surface area (TPSA) is 56.3 Å². The molecule has 0 saturated carbocycles. The third kappa shape index (κ3) is 5.52. The molecule has 2 aromatic rings. The first-order valence-electron chi connectivity index (χ1n) is 8.26. The molecule has 2 N–H and O–H groups in total. The molecule has 1 heterocycles. The van der Waals surface area contributed by atoms with Crippen molar-refractivity contribution < 1.29 is 9.13 Å². The van der Waals surface area contributed by atoms with Crippen molar-refractivity contribution in [3.63, 3.8) is 0 Å². The summed E-state index contributed by atoms with van der Waals surface area (Å²) in [6.07, 6.45) is 5.07. The maximum Gasteiger partial charge on any atom is 0.139 e. The van der Waals surface area contributed by atoms with Crippen molar-refractivity contribution in [1.29, 1.82) is 0 Å². The number of ether oxygens (including phenoxy) is 1. The molecule has 0 unspecified atom stereocenters. The van der Waals surface area contributed by atoms with E-state index >= 15 is 0 Å². The van der Waals surface area contributed by atoms with Crippen LogP contribution in [0.1, 0.15) is 5.56 Å². The summed E-state index contributed by atoms with van der Waals surface area (Å²) in [4.78, 5) is 0. The molecule has 0 radical (unpaired) electrons. The summed E-state index contributed by atoms with van der Waals surface area (Å²) < 4.78 is 21.8. The summed E-state index contributed by atoms with van der Waals surface area (Å²) in [7, 11) is 0.570. The predicted molar refractivity (Wildman–Crippen MR) is 104 cm³/mol. The highest BCUT2D eigenvalue weighted by molar-refractivity contribution is 6.76. The zero-order valence-electron chi connectivity index (χ0n) is 15.4. The minimum absolute atomic E-state index is 0.356. The second-order valence-electron chi connectivity index (χ2n) is 7.36. The lowest BCUT2D eigenvalue weighted by Gasteiger charge is -2.15. The standard InChI is InChI=1S/C18H27FN4OSi/c1-6-14(11-22(2)20)16-9-15-12-23(21-18(15)10-17(16)19)13-24-7-8-25(3,4)5/h6,9-12H,1,7-8,13,20H2,2-5H3/b14-11+. The lowest BCUT2D eigenvalue weighted by molar-refractivity contribution is 0.0791. The summed E-state index contributed by atoms with van der Waals surface area (Å²) in [5, 5.41) is 6.59. The molecule has 0 saturated heterocycles. The van der Waals surface area contributed by atoms with E-state index in [0.29, 0.717) is 23.4 Å². The Hall–Kier alpha value is -1.96. The number of rotatable bonds is 8. The molecule has 0 aliphatic heterocycles. The van der Waals surface area contributed by atoms with Gasteiger partial charge in [0.05, 0.1) is 5.52 Å². The van der Waals surface area contributed by atoms with Gasteiger partial charge in [0.15, 0.2) is 0 Å². The highest BCUT2D eigenvalue weighted by atomic mass is 28.3. The Balaban J connectivity index is 2.19. The van der Waals surface area contributed by atoms with Crippen LogP contribution in [0.25, 0.3) is 16.5 Å². The van der Waals surface area contributed by atoms with Crippen LogP contribution < -0.4 is 5.84 Å². The average molecular weight is 363 g/mol. The molecule has 136 valence electrons. The number of hydrogen-bond acceptors (Lipinski definition) is 4. The number of fused-ring (bicyclic) bond motifs is 1. The normalized spacial score (nSPS) is 12.6. The summed E-state index contributed by atoms with van der Waals surface area (Å²) >= 11 is 0. The van der Waals surface area contributed by atoms with Crippen molar-refractivity contribution in [2.75, 3.05) is 13.7 Å². The number of nitrogens with two attached hydrogens (primary N) is 1. The zero-order valence-corrected chi connectivity index (χ0v) is 16.4. The quantitative estimate of drug-likeness (QED) is 0.255. The van der Waals surface area contributed by atoms with Gasteiger partial charge >= 0.3 is 0 Å². The van der Waals surface area contributed by atoms with Gasteiger partial charge in [0.2, 0.25) is 0 Å². The number of nitrogens with zero attached hydrogens (tertiary/aromatic N) is 3. The molecule has 0 aliphatic rings. The van der Waals surface area contributed by atoms with E-state index < -0.39 is 8.07 Å². The van der Waals surface area contributed by atoms with Crippen LogP contribution >= 0.6 is 0 Å². The minimum atomic E-state index is -1.11. The predicted octanol–water partition coefficient (Wildman–Crippen LogP) is 3.82. The molecule has 0 spiro atoms. The van der Waals surface area contributed by atoms with Crippen LogP contribution in [0.15, 0.2) is 37.2 Å². The Morgan fingerprint density at radius 3 is 2.76 bits per heavy atom. The van der Waals surface area contributed by atoms with E-state index in [-0.39, 0.29) is 5.82 Å². The van der Waals surface area contributed by atoms with Crippen LogP contribution in [0.3, 0.4) is 0 Å².